The van der Waals surface area contributed by atoms with E-state index in [1.807, 2.05) is 46.1 Å². The van der Waals surface area contributed by atoms with Gasteiger partial charge in [-0.05, 0) is 37.0 Å². The zero-order chi connectivity index (χ0) is 20.8. The molecule has 168 valence electrons. The Bertz CT molecular complexity index is 858. The number of benzene rings is 1. The Morgan fingerprint density at radius 2 is 1.94 bits per heavy atom. The summed E-state index contributed by atoms with van der Waals surface area (Å²) in [6, 6.07) is 10.1. The summed E-state index contributed by atoms with van der Waals surface area (Å²) in [4.78, 5) is 21.1. The molecule has 0 aliphatic carbocycles. The highest BCUT2D eigenvalue weighted by Crippen LogP contribution is 2.16. The molecule has 2 aliphatic heterocycles. The fourth-order valence-electron chi connectivity index (χ4n) is 3.98. The number of para-hydroxylation sites is 1. The third-order valence-electron chi connectivity index (χ3n) is 5.66. The van der Waals surface area contributed by atoms with Crippen LogP contribution in [0.25, 0.3) is 5.69 Å². The van der Waals surface area contributed by atoms with Gasteiger partial charge < -0.3 is 19.9 Å². The molecule has 3 heterocycles. The quantitative estimate of drug-likeness (QED) is 0.358. The lowest BCUT2D eigenvalue weighted by Crippen LogP contribution is -2.55. The van der Waals surface area contributed by atoms with E-state index < -0.39 is 0 Å². The van der Waals surface area contributed by atoms with Gasteiger partial charge in [-0.25, -0.2) is 4.68 Å². The van der Waals surface area contributed by atoms with E-state index in [0.717, 1.165) is 50.5 Å². The highest BCUT2D eigenvalue weighted by molar-refractivity contribution is 14.0. The minimum absolute atomic E-state index is 0. The smallest absolute Gasteiger partial charge is 0.251 e. The molecule has 1 amide bonds. The number of piperazine rings is 1. The van der Waals surface area contributed by atoms with E-state index in [9.17, 15) is 4.79 Å². The molecule has 0 spiro atoms. The van der Waals surface area contributed by atoms with Crippen LogP contribution >= 0.6 is 24.0 Å². The largest absolute Gasteiger partial charge is 0.368 e. The Kier molecular flexibility index (Phi) is 8.70. The second-order valence-electron chi connectivity index (χ2n) is 7.67. The molecule has 0 bridgehead atoms. The molecular formula is C22H31IN6O2. The summed E-state index contributed by atoms with van der Waals surface area (Å²) in [5, 5.41) is 7.90. The topological polar surface area (TPSA) is 75.0 Å². The van der Waals surface area contributed by atoms with Gasteiger partial charge in [0.15, 0.2) is 5.96 Å². The third-order valence-corrected chi connectivity index (χ3v) is 5.66. The number of halogens is 1. The number of aliphatic imine (C=N–C) groups is 1. The molecule has 2 aliphatic rings. The Morgan fingerprint density at radius 3 is 2.61 bits per heavy atom. The molecule has 2 fully saturated rings. The maximum absolute atomic E-state index is 12.5. The predicted molar refractivity (Wildman–Crippen MR) is 131 cm³/mol. The van der Waals surface area contributed by atoms with Crippen LogP contribution in [0.2, 0.25) is 0 Å². The molecule has 9 heteroatoms. The summed E-state index contributed by atoms with van der Waals surface area (Å²) in [5.41, 5.74) is 2.23. The normalized spacial score (nSPS) is 19.3. The standard InChI is InChI=1S/C22H30N6O2.HI/c1-23-22(27-13-11-26(12-14-27)21(29)20-8-5-15-30-20)24-10-9-18-16-25-28(17-18)19-6-3-2-4-7-19;/h2-4,6-7,16-17,20H,5,8-15H2,1H3,(H,23,24);1H. The van der Waals surface area contributed by atoms with Crippen LogP contribution in [0.1, 0.15) is 18.4 Å². The zero-order valence-electron chi connectivity index (χ0n) is 17.9. The first-order valence-electron chi connectivity index (χ1n) is 10.7. The molecule has 31 heavy (non-hydrogen) atoms. The second kappa shape index (κ2) is 11.5. The molecule has 0 radical (unpaired) electrons. The highest BCUT2D eigenvalue weighted by Gasteiger charge is 2.30. The molecule has 2 aromatic rings. The van der Waals surface area contributed by atoms with Crippen LogP contribution in [0.4, 0.5) is 0 Å². The van der Waals surface area contributed by atoms with Gasteiger partial charge in [0.2, 0.25) is 0 Å². The molecule has 1 aromatic carbocycles. The maximum Gasteiger partial charge on any atom is 0.251 e. The number of amides is 1. The van der Waals surface area contributed by atoms with Crippen LogP contribution in [-0.4, -0.2) is 83.9 Å². The first-order chi connectivity index (χ1) is 14.7. The SMILES string of the molecule is CN=C(NCCc1cnn(-c2ccccc2)c1)N1CCN(C(=O)C2CCCO2)CC1.I. The van der Waals surface area contributed by atoms with E-state index in [1.165, 1.54) is 5.56 Å². The number of aromatic nitrogens is 2. The average molecular weight is 538 g/mol. The van der Waals surface area contributed by atoms with Crippen LogP contribution in [0.3, 0.4) is 0 Å². The summed E-state index contributed by atoms with van der Waals surface area (Å²) in [5.74, 6) is 1.03. The van der Waals surface area contributed by atoms with Crippen molar-refractivity contribution in [3.63, 3.8) is 0 Å². The van der Waals surface area contributed by atoms with Gasteiger partial charge in [0.1, 0.15) is 6.10 Å². The van der Waals surface area contributed by atoms with E-state index in [1.54, 1.807) is 7.05 Å². The van der Waals surface area contributed by atoms with Crippen molar-refractivity contribution in [2.75, 3.05) is 46.4 Å². The van der Waals surface area contributed by atoms with E-state index in [-0.39, 0.29) is 36.0 Å². The number of guanidine groups is 1. The van der Waals surface area contributed by atoms with E-state index in [4.69, 9.17) is 4.74 Å². The van der Waals surface area contributed by atoms with Crippen molar-refractivity contribution in [3.05, 3.63) is 48.3 Å². The van der Waals surface area contributed by atoms with Gasteiger partial charge in [0, 0.05) is 52.6 Å². The molecule has 2 saturated heterocycles. The van der Waals surface area contributed by atoms with E-state index in [2.05, 4.69) is 26.5 Å². The van der Waals surface area contributed by atoms with Crippen LogP contribution < -0.4 is 5.32 Å². The second-order valence-corrected chi connectivity index (χ2v) is 7.67. The van der Waals surface area contributed by atoms with Crippen molar-refractivity contribution in [2.24, 2.45) is 4.99 Å². The fraction of sp³-hybridized carbons (Fsp3) is 0.500. The lowest BCUT2D eigenvalue weighted by Gasteiger charge is -2.37. The van der Waals surface area contributed by atoms with Gasteiger partial charge in [0.05, 0.1) is 11.9 Å². The van der Waals surface area contributed by atoms with Crippen molar-refractivity contribution >= 4 is 35.8 Å². The van der Waals surface area contributed by atoms with Gasteiger partial charge in [-0.1, -0.05) is 18.2 Å². The molecule has 1 aromatic heterocycles. The van der Waals surface area contributed by atoms with Gasteiger partial charge >= 0.3 is 0 Å². The van der Waals surface area contributed by atoms with Gasteiger partial charge in [0.25, 0.3) is 5.91 Å². The summed E-state index contributed by atoms with van der Waals surface area (Å²) in [6.45, 7) is 4.47. The van der Waals surface area contributed by atoms with Gasteiger partial charge in [-0.15, -0.1) is 24.0 Å². The number of nitrogens with one attached hydrogen (secondary N) is 1. The highest BCUT2D eigenvalue weighted by atomic mass is 127. The summed E-state index contributed by atoms with van der Waals surface area (Å²) in [7, 11) is 1.81. The van der Waals surface area contributed by atoms with E-state index >= 15 is 0 Å². The molecule has 4 rings (SSSR count). The fourth-order valence-corrected chi connectivity index (χ4v) is 3.98. The molecule has 1 atom stereocenters. The van der Waals surface area contributed by atoms with Crippen molar-refractivity contribution in [2.45, 2.75) is 25.4 Å². The Morgan fingerprint density at radius 1 is 1.19 bits per heavy atom. The predicted octanol–water partition coefficient (Wildman–Crippen LogP) is 1.93. The molecule has 0 saturated carbocycles. The number of nitrogens with zero attached hydrogens (tertiary/aromatic N) is 5. The van der Waals surface area contributed by atoms with Crippen LogP contribution in [0.5, 0.6) is 0 Å². The summed E-state index contributed by atoms with van der Waals surface area (Å²) >= 11 is 0. The monoisotopic (exact) mass is 538 g/mol. The Balaban J connectivity index is 0.00000272. The average Bonchev–Trinajstić information content (AvgIpc) is 3.50. The van der Waals surface area contributed by atoms with Crippen LogP contribution in [0, 0.1) is 0 Å². The van der Waals surface area contributed by atoms with Crippen LogP contribution in [-0.2, 0) is 16.0 Å². The van der Waals surface area contributed by atoms with E-state index in [0.29, 0.717) is 19.7 Å². The van der Waals surface area contributed by atoms with Crippen LogP contribution in [0.15, 0.2) is 47.7 Å². The number of carbonyl (C=O) groups is 1. The molecule has 1 unspecified atom stereocenters. The first-order valence-corrected chi connectivity index (χ1v) is 10.7. The number of rotatable bonds is 5. The first kappa shape index (κ1) is 23.5. The Hall–Kier alpha value is -2.14. The summed E-state index contributed by atoms with van der Waals surface area (Å²) < 4.78 is 7.44. The lowest BCUT2D eigenvalue weighted by atomic mass is 10.2. The number of carbonyl (C=O) groups excluding carboxylic acids is 1. The number of hydrogen-bond donors (Lipinski definition) is 1. The van der Waals surface area contributed by atoms with Gasteiger partial charge in [-0.2, -0.15) is 5.10 Å². The molecule has 1 N–H and O–H groups in total. The van der Waals surface area contributed by atoms with Crippen molar-refractivity contribution in [3.8, 4) is 5.69 Å². The third kappa shape index (κ3) is 5.97. The van der Waals surface area contributed by atoms with Gasteiger partial charge in [-0.3, -0.25) is 9.79 Å². The zero-order valence-corrected chi connectivity index (χ0v) is 20.3. The number of ether oxygens (including phenoxy) is 1. The minimum atomic E-state index is -0.231. The van der Waals surface area contributed by atoms with Crippen molar-refractivity contribution in [1.82, 2.24) is 24.9 Å². The maximum atomic E-state index is 12.5. The lowest BCUT2D eigenvalue weighted by molar-refractivity contribution is -0.142. The number of hydrogen-bond acceptors (Lipinski definition) is 4. The summed E-state index contributed by atoms with van der Waals surface area (Å²) in [6.07, 6.45) is 6.44. The molecular weight excluding hydrogens is 507 g/mol. The minimum Gasteiger partial charge on any atom is -0.368 e. The van der Waals surface area contributed by atoms with Crippen molar-refractivity contribution in [1.29, 1.82) is 0 Å². The Labute approximate surface area is 200 Å². The van der Waals surface area contributed by atoms with Crippen molar-refractivity contribution < 1.29 is 9.53 Å². The molecule has 8 nitrogen and oxygen atoms in total.